The highest BCUT2D eigenvalue weighted by atomic mass is 16.1. The number of Topliss-reactive ketones (excluding diaryl/α,β-unsaturated/α-hetero) is 1. The van der Waals surface area contributed by atoms with Crippen molar-refractivity contribution in [3.8, 4) is 0 Å². The standard InChI is InChI=1S/C21H30N2O/c1-13(2)17-9-8-10-18(14(3)4)21(17)22-12-20(24)19-11-15(5)23(7)16(19)6/h8-11,13-14,22H,12H2,1-7H3. The van der Waals surface area contributed by atoms with Gasteiger partial charge in [-0.15, -0.1) is 0 Å². The molecular formula is C21H30N2O. The Morgan fingerprint density at radius 2 is 1.62 bits per heavy atom. The van der Waals surface area contributed by atoms with Crippen molar-refractivity contribution in [2.75, 3.05) is 11.9 Å². The Kier molecular flexibility index (Phi) is 5.53. The van der Waals surface area contributed by atoms with Crippen LogP contribution in [0.15, 0.2) is 24.3 Å². The first-order valence-electron chi connectivity index (χ1n) is 8.76. The molecule has 0 atom stereocenters. The molecule has 2 rings (SSSR count). The molecule has 3 heteroatoms. The molecule has 3 nitrogen and oxygen atoms in total. The van der Waals surface area contributed by atoms with Gasteiger partial charge >= 0.3 is 0 Å². The van der Waals surface area contributed by atoms with Crippen molar-refractivity contribution in [1.82, 2.24) is 4.57 Å². The van der Waals surface area contributed by atoms with Crippen molar-refractivity contribution in [2.45, 2.75) is 53.4 Å². The molecule has 2 aromatic rings. The van der Waals surface area contributed by atoms with Gasteiger partial charge in [0.2, 0.25) is 0 Å². The minimum atomic E-state index is 0.143. The number of hydrogen-bond donors (Lipinski definition) is 1. The Morgan fingerprint density at radius 1 is 1.08 bits per heavy atom. The molecule has 1 heterocycles. The topological polar surface area (TPSA) is 34.0 Å². The minimum absolute atomic E-state index is 0.143. The van der Waals surface area contributed by atoms with E-state index in [4.69, 9.17) is 0 Å². The van der Waals surface area contributed by atoms with E-state index in [1.54, 1.807) is 0 Å². The number of carbonyl (C=O) groups excluding carboxylic acids is 1. The first-order valence-corrected chi connectivity index (χ1v) is 8.76. The quantitative estimate of drug-likeness (QED) is 0.742. The second-order valence-corrected chi connectivity index (χ2v) is 7.24. The SMILES string of the molecule is Cc1cc(C(=O)CNc2c(C(C)C)cccc2C(C)C)c(C)n1C. The highest BCUT2D eigenvalue weighted by Crippen LogP contribution is 2.32. The molecule has 0 fully saturated rings. The van der Waals surface area contributed by atoms with E-state index < -0.39 is 0 Å². The van der Waals surface area contributed by atoms with E-state index in [1.807, 2.05) is 27.0 Å². The van der Waals surface area contributed by atoms with Crippen LogP contribution in [0.5, 0.6) is 0 Å². The maximum Gasteiger partial charge on any atom is 0.183 e. The maximum absolute atomic E-state index is 12.7. The third-order valence-corrected chi connectivity index (χ3v) is 4.87. The number of ketones is 1. The number of aryl methyl sites for hydroxylation is 1. The number of nitrogens with zero attached hydrogens (tertiary/aromatic N) is 1. The Balaban J connectivity index is 2.28. The van der Waals surface area contributed by atoms with Crippen LogP contribution in [0.4, 0.5) is 5.69 Å². The van der Waals surface area contributed by atoms with Gasteiger partial charge in [0.25, 0.3) is 0 Å². The van der Waals surface area contributed by atoms with E-state index in [2.05, 4.69) is 55.8 Å². The molecule has 0 saturated heterocycles. The van der Waals surface area contributed by atoms with E-state index in [0.717, 1.165) is 22.6 Å². The number of para-hydroxylation sites is 1. The summed E-state index contributed by atoms with van der Waals surface area (Å²) in [4.78, 5) is 12.7. The van der Waals surface area contributed by atoms with Crippen LogP contribution in [0.3, 0.4) is 0 Å². The summed E-state index contributed by atoms with van der Waals surface area (Å²) in [5, 5.41) is 3.44. The van der Waals surface area contributed by atoms with Gasteiger partial charge in [-0.25, -0.2) is 0 Å². The molecule has 0 bridgehead atoms. The summed E-state index contributed by atoms with van der Waals surface area (Å²) in [5.74, 6) is 0.980. The molecule has 24 heavy (non-hydrogen) atoms. The zero-order chi connectivity index (χ0) is 18.0. The Hall–Kier alpha value is -2.03. The number of benzene rings is 1. The number of rotatable bonds is 6. The van der Waals surface area contributed by atoms with Gasteiger partial charge in [-0.1, -0.05) is 45.9 Å². The van der Waals surface area contributed by atoms with Gasteiger partial charge in [-0.2, -0.15) is 0 Å². The lowest BCUT2D eigenvalue weighted by Gasteiger charge is -2.20. The van der Waals surface area contributed by atoms with Crippen LogP contribution in [0.25, 0.3) is 0 Å². The molecule has 0 aliphatic heterocycles. The van der Waals surface area contributed by atoms with Crippen LogP contribution in [-0.4, -0.2) is 16.9 Å². The van der Waals surface area contributed by atoms with Crippen LogP contribution in [0.2, 0.25) is 0 Å². The normalized spacial score (nSPS) is 11.4. The predicted molar refractivity (Wildman–Crippen MR) is 102 cm³/mol. The summed E-state index contributed by atoms with van der Waals surface area (Å²) in [7, 11) is 2.00. The number of anilines is 1. The van der Waals surface area contributed by atoms with Crippen molar-refractivity contribution in [3.63, 3.8) is 0 Å². The van der Waals surface area contributed by atoms with Gasteiger partial charge in [0.05, 0.1) is 6.54 Å². The zero-order valence-corrected chi connectivity index (χ0v) is 16.0. The lowest BCUT2D eigenvalue weighted by molar-refractivity contribution is 0.101. The molecular weight excluding hydrogens is 296 g/mol. The van der Waals surface area contributed by atoms with Gasteiger partial charge in [-0.05, 0) is 42.9 Å². The van der Waals surface area contributed by atoms with Crippen molar-refractivity contribution in [1.29, 1.82) is 0 Å². The molecule has 0 radical (unpaired) electrons. The largest absolute Gasteiger partial charge is 0.377 e. The van der Waals surface area contributed by atoms with Crippen LogP contribution >= 0.6 is 0 Å². The molecule has 0 amide bonds. The predicted octanol–water partition coefficient (Wildman–Crippen LogP) is 5.18. The van der Waals surface area contributed by atoms with Crippen LogP contribution in [0.1, 0.15) is 72.4 Å². The number of aromatic nitrogens is 1. The smallest absolute Gasteiger partial charge is 0.183 e. The first-order chi connectivity index (χ1) is 11.2. The summed E-state index contributed by atoms with van der Waals surface area (Å²) >= 11 is 0. The van der Waals surface area contributed by atoms with Crippen molar-refractivity contribution in [3.05, 3.63) is 52.3 Å². The second-order valence-electron chi connectivity index (χ2n) is 7.24. The summed E-state index contributed by atoms with van der Waals surface area (Å²) in [6.45, 7) is 13.1. The van der Waals surface area contributed by atoms with Gasteiger partial charge in [0.15, 0.2) is 5.78 Å². The fraction of sp³-hybridized carbons (Fsp3) is 0.476. The number of hydrogen-bond acceptors (Lipinski definition) is 2. The highest BCUT2D eigenvalue weighted by Gasteiger charge is 2.17. The zero-order valence-electron chi connectivity index (χ0n) is 16.0. The fourth-order valence-corrected chi connectivity index (χ4v) is 3.16. The Labute approximate surface area is 146 Å². The number of carbonyl (C=O) groups is 1. The summed E-state index contributed by atoms with van der Waals surface area (Å²) in [5.41, 5.74) is 6.63. The molecule has 1 aromatic carbocycles. The van der Waals surface area contributed by atoms with E-state index in [-0.39, 0.29) is 5.78 Å². The summed E-state index contributed by atoms with van der Waals surface area (Å²) in [6, 6.07) is 8.40. The van der Waals surface area contributed by atoms with Crippen molar-refractivity contribution < 1.29 is 4.79 Å². The second kappa shape index (κ2) is 7.25. The fourth-order valence-electron chi connectivity index (χ4n) is 3.16. The highest BCUT2D eigenvalue weighted by molar-refractivity contribution is 6.00. The summed E-state index contributed by atoms with van der Waals surface area (Å²) < 4.78 is 2.06. The van der Waals surface area contributed by atoms with Crippen molar-refractivity contribution in [2.24, 2.45) is 7.05 Å². The lowest BCUT2D eigenvalue weighted by atomic mass is 9.92. The Morgan fingerprint density at radius 3 is 2.04 bits per heavy atom. The third kappa shape index (κ3) is 3.55. The molecule has 0 aliphatic carbocycles. The molecule has 1 aromatic heterocycles. The van der Waals surface area contributed by atoms with E-state index in [0.29, 0.717) is 18.4 Å². The molecule has 0 spiro atoms. The first kappa shape index (κ1) is 18.3. The molecule has 130 valence electrons. The number of nitrogens with one attached hydrogen (secondary N) is 1. The van der Waals surface area contributed by atoms with Crippen LogP contribution < -0.4 is 5.32 Å². The van der Waals surface area contributed by atoms with Crippen molar-refractivity contribution >= 4 is 11.5 Å². The minimum Gasteiger partial charge on any atom is -0.377 e. The molecule has 1 N–H and O–H groups in total. The van der Waals surface area contributed by atoms with E-state index >= 15 is 0 Å². The Bertz CT molecular complexity index is 712. The monoisotopic (exact) mass is 326 g/mol. The van der Waals surface area contributed by atoms with Crippen LogP contribution in [0, 0.1) is 13.8 Å². The third-order valence-electron chi connectivity index (χ3n) is 4.87. The van der Waals surface area contributed by atoms with Gasteiger partial charge < -0.3 is 9.88 Å². The molecule has 0 aliphatic rings. The van der Waals surface area contributed by atoms with Gasteiger partial charge in [-0.3, -0.25) is 4.79 Å². The average Bonchev–Trinajstić information content (AvgIpc) is 2.79. The van der Waals surface area contributed by atoms with Gasteiger partial charge in [0, 0.05) is 29.7 Å². The molecule has 0 unspecified atom stereocenters. The van der Waals surface area contributed by atoms with Crippen LogP contribution in [-0.2, 0) is 7.05 Å². The van der Waals surface area contributed by atoms with E-state index in [9.17, 15) is 4.79 Å². The lowest BCUT2D eigenvalue weighted by Crippen LogP contribution is -2.17. The van der Waals surface area contributed by atoms with E-state index in [1.165, 1.54) is 11.1 Å². The average molecular weight is 326 g/mol. The van der Waals surface area contributed by atoms with Gasteiger partial charge in [0.1, 0.15) is 0 Å². The maximum atomic E-state index is 12.7. The molecule has 0 saturated carbocycles. The summed E-state index contributed by atoms with van der Waals surface area (Å²) in [6.07, 6.45) is 0.